The van der Waals surface area contributed by atoms with E-state index in [0.717, 1.165) is 19.4 Å². The van der Waals surface area contributed by atoms with Crippen LogP contribution in [-0.2, 0) is 4.74 Å². The van der Waals surface area contributed by atoms with Crippen LogP contribution in [0.15, 0.2) is 18.3 Å². The van der Waals surface area contributed by atoms with Crippen LogP contribution < -0.4 is 5.32 Å². The zero-order valence-corrected chi connectivity index (χ0v) is 9.89. The van der Waals surface area contributed by atoms with E-state index in [1.54, 1.807) is 6.07 Å². The van der Waals surface area contributed by atoms with Crippen LogP contribution in [0.4, 0.5) is 11.5 Å². The molecule has 0 radical (unpaired) electrons. The minimum Gasteiger partial charge on any atom is -0.381 e. The molecule has 0 atom stereocenters. The van der Waals surface area contributed by atoms with Crippen molar-refractivity contribution in [3.05, 3.63) is 28.4 Å². The quantitative estimate of drug-likeness (QED) is 0.427. The van der Waals surface area contributed by atoms with E-state index in [2.05, 4.69) is 17.2 Å². The molecule has 0 fully saturated rings. The molecular formula is C11H17N3O3. The third-order valence-electron chi connectivity index (χ3n) is 2.09. The molecule has 0 saturated heterocycles. The lowest BCUT2D eigenvalue weighted by Gasteiger charge is -2.06. The number of nitrogens with one attached hydrogen (secondary N) is 1. The predicted molar refractivity (Wildman–Crippen MR) is 65.1 cm³/mol. The van der Waals surface area contributed by atoms with E-state index in [1.165, 1.54) is 12.3 Å². The van der Waals surface area contributed by atoms with Crippen LogP contribution in [0.1, 0.15) is 19.8 Å². The first kappa shape index (κ1) is 13.4. The first-order chi connectivity index (χ1) is 8.25. The Morgan fingerprint density at radius 1 is 1.53 bits per heavy atom. The summed E-state index contributed by atoms with van der Waals surface area (Å²) in [7, 11) is 0. The summed E-state index contributed by atoms with van der Waals surface area (Å²) < 4.78 is 5.30. The maximum Gasteiger partial charge on any atom is 0.311 e. The fourth-order valence-corrected chi connectivity index (χ4v) is 1.31. The molecule has 0 aromatic carbocycles. The second-order valence-electron chi connectivity index (χ2n) is 3.52. The highest BCUT2D eigenvalue weighted by Crippen LogP contribution is 2.19. The minimum atomic E-state index is -0.442. The van der Waals surface area contributed by atoms with Crippen molar-refractivity contribution in [1.29, 1.82) is 0 Å². The summed E-state index contributed by atoms with van der Waals surface area (Å²) in [6.45, 7) is 4.07. The van der Waals surface area contributed by atoms with E-state index in [4.69, 9.17) is 4.74 Å². The van der Waals surface area contributed by atoms with Gasteiger partial charge in [0.15, 0.2) is 0 Å². The molecule has 0 aliphatic carbocycles. The SMILES string of the molecule is CCCOCCCNc1ncccc1[N+](=O)[O-]. The third kappa shape index (κ3) is 4.78. The molecule has 94 valence electrons. The number of rotatable bonds is 8. The molecule has 17 heavy (non-hydrogen) atoms. The van der Waals surface area contributed by atoms with Crippen molar-refractivity contribution in [3.8, 4) is 0 Å². The van der Waals surface area contributed by atoms with Gasteiger partial charge in [-0.2, -0.15) is 0 Å². The standard InChI is InChI=1S/C11H17N3O3/c1-2-8-17-9-4-7-13-11-10(14(15)16)5-3-6-12-11/h3,5-6H,2,4,7-9H2,1H3,(H,12,13). The van der Waals surface area contributed by atoms with Gasteiger partial charge in [0.1, 0.15) is 0 Å². The van der Waals surface area contributed by atoms with Crippen molar-refractivity contribution in [1.82, 2.24) is 4.98 Å². The molecule has 1 aromatic rings. The Labute approximate surface area is 100 Å². The average molecular weight is 239 g/mol. The van der Waals surface area contributed by atoms with E-state index >= 15 is 0 Å². The minimum absolute atomic E-state index is 0.00183. The van der Waals surface area contributed by atoms with Crippen LogP contribution in [-0.4, -0.2) is 29.7 Å². The van der Waals surface area contributed by atoms with Crippen LogP contribution in [0, 0.1) is 10.1 Å². The van der Waals surface area contributed by atoms with Crippen molar-refractivity contribution < 1.29 is 9.66 Å². The lowest BCUT2D eigenvalue weighted by atomic mass is 10.3. The molecule has 1 N–H and O–H groups in total. The van der Waals surface area contributed by atoms with Gasteiger partial charge in [-0.3, -0.25) is 10.1 Å². The number of nitro groups is 1. The fourth-order valence-electron chi connectivity index (χ4n) is 1.31. The van der Waals surface area contributed by atoms with Gasteiger partial charge in [-0.15, -0.1) is 0 Å². The summed E-state index contributed by atoms with van der Waals surface area (Å²) in [5.41, 5.74) is 0.00183. The number of nitrogens with zero attached hydrogens (tertiary/aromatic N) is 2. The molecule has 6 heteroatoms. The lowest BCUT2D eigenvalue weighted by molar-refractivity contribution is -0.384. The van der Waals surface area contributed by atoms with Crippen LogP contribution in [0.2, 0.25) is 0 Å². The van der Waals surface area contributed by atoms with Crippen molar-refractivity contribution in [2.45, 2.75) is 19.8 Å². The summed E-state index contributed by atoms with van der Waals surface area (Å²) in [5.74, 6) is 0.313. The maximum atomic E-state index is 10.7. The molecule has 1 aromatic heterocycles. The summed E-state index contributed by atoms with van der Waals surface area (Å²) in [5, 5.41) is 13.6. The highest BCUT2D eigenvalue weighted by Gasteiger charge is 2.12. The molecule has 1 heterocycles. The molecule has 0 unspecified atom stereocenters. The Hall–Kier alpha value is -1.69. The molecule has 0 aliphatic heterocycles. The Balaban J connectivity index is 2.34. The van der Waals surface area contributed by atoms with Crippen molar-refractivity contribution in [2.75, 3.05) is 25.1 Å². The average Bonchev–Trinajstić information content (AvgIpc) is 2.34. The largest absolute Gasteiger partial charge is 0.381 e. The molecule has 0 saturated carbocycles. The van der Waals surface area contributed by atoms with E-state index < -0.39 is 4.92 Å². The number of ether oxygens (including phenoxy) is 1. The van der Waals surface area contributed by atoms with Gasteiger partial charge >= 0.3 is 5.69 Å². The number of aromatic nitrogens is 1. The smallest absolute Gasteiger partial charge is 0.311 e. The second-order valence-corrected chi connectivity index (χ2v) is 3.52. The van der Waals surface area contributed by atoms with Gasteiger partial charge in [-0.25, -0.2) is 4.98 Å². The summed E-state index contributed by atoms with van der Waals surface area (Å²) >= 11 is 0. The summed E-state index contributed by atoms with van der Waals surface area (Å²) in [6, 6.07) is 2.98. The highest BCUT2D eigenvalue weighted by atomic mass is 16.6. The van der Waals surface area contributed by atoms with E-state index in [1.807, 2.05) is 0 Å². The van der Waals surface area contributed by atoms with E-state index in [-0.39, 0.29) is 5.69 Å². The Kier molecular flexibility index (Phi) is 5.95. The van der Waals surface area contributed by atoms with Crippen molar-refractivity contribution in [2.24, 2.45) is 0 Å². The Bertz CT molecular complexity index is 358. The molecule has 0 amide bonds. The second kappa shape index (κ2) is 7.56. The highest BCUT2D eigenvalue weighted by molar-refractivity contribution is 5.54. The topological polar surface area (TPSA) is 77.3 Å². The molecule has 0 aliphatic rings. The van der Waals surface area contributed by atoms with Gasteiger partial charge in [0.2, 0.25) is 5.82 Å². The summed E-state index contributed by atoms with van der Waals surface area (Å²) in [4.78, 5) is 14.2. The number of anilines is 1. The Morgan fingerprint density at radius 3 is 3.06 bits per heavy atom. The Morgan fingerprint density at radius 2 is 2.35 bits per heavy atom. The van der Waals surface area contributed by atoms with Gasteiger partial charge in [-0.1, -0.05) is 6.92 Å². The van der Waals surface area contributed by atoms with Crippen LogP contribution in [0.5, 0.6) is 0 Å². The monoisotopic (exact) mass is 239 g/mol. The van der Waals surface area contributed by atoms with Crippen molar-refractivity contribution >= 4 is 11.5 Å². The first-order valence-electron chi connectivity index (χ1n) is 5.66. The lowest BCUT2D eigenvalue weighted by Crippen LogP contribution is -2.08. The van der Waals surface area contributed by atoms with Gasteiger partial charge in [0, 0.05) is 32.0 Å². The number of hydrogen-bond acceptors (Lipinski definition) is 5. The van der Waals surface area contributed by atoms with Gasteiger partial charge < -0.3 is 10.1 Å². The van der Waals surface area contributed by atoms with Gasteiger partial charge in [-0.05, 0) is 18.9 Å². The van der Waals surface area contributed by atoms with Gasteiger partial charge in [0.25, 0.3) is 0 Å². The number of pyridine rings is 1. The molecule has 6 nitrogen and oxygen atoms in total. The third-order valence-corrected chi connectivity index (χ3v) is 2.09. The summed E-state index contributed by atoms with van der Waals surface area (Å²) in [6.07, 6.45) is 3.33. The molecule has 0 spiro atoms. The maximum absolute atomic E-state index is 10.7. The predicted octanol–water partition coefficient (Wildman–Crippen LogP) is 2.22. The molecule has 1 rings (SSSR count). The molecular weight excluding hydrogens is 222 g/mol. The fraction of sp³-hybridized carbons (Fsp3) is 0.545. The van der Waals surface area contributed by atoms with Crippen LogP contribution in [0.3, 0.4) is 0 Å². The van der Waals surface area contributed by atoms with Crippen molar-refractivity contribution in [3.63, 3.8) is 0 Å². The normalized spacial score (nSPS) is 10.2. The van der Waals surface area contributed by atoms with Crippen LogP contribution >= 0.6 is 0 Å². The zero-order chi connectivity index (χ0) is 12.5. The van der Waals surface area contributed by atoms with Crippen LogP contribution in [0.25, 0.3) is 0 Å². The van der Waals surface area contributed by atoms with Gasteiger partial charge in [0.05, 0.1) is 4.92 Å². The van der Waals surface area contributed by atoms with E-state index in [0.29, 0.717) is 19.0 Å². The molecule has 0 bridgehead atoms. The first-order valence-corrected chi connectivity index (χ1v) is 5.66. The van der Waals surface area contributed by atoms with E-state index in [9.17, 15) is 10.1 Å². The number of hydrogen-bond donors (Lipinski definition) is 1. The zero-order valence-electron chi connectivity index (χ0n) is 9.89.